The molecular formula is C13H9FO2. The van der Waals surface area contributed by atoms with Gasteiger partial charge in [-0.15, -0.1) is 0 Å². The Labute approximate surface area is 92.0 Å². The van der Waals surface area contributed by atoms with Gasteiger partial charge in [-0.1, -0.05) is 30.3 Å². The number of rotatable bonds is 2. The molecule has 2 nitrogen and oxygen atoms in total. The number of carboxylic acids is 1. The molecule has 0 atom stereocenters. The molecule has 0 fully saturated rings. The first-order valence-electron chi connectivity index (χ1n) is 4.77. The lowest BCUT2D eigenvalue weighted by Gasteiger charge is -2.03. The molecule has 0 aromatic heterocycles. The second-order valence-electron chi connectivity index (χ2n) is 3.37. The van der Waals surface area contributed by atoms with Gasteiger partial charge in [-0.2, -0.15) is 0 Å². The molecule has 2 aromatic rings. The number of hydrogen-bond acceptors (Lipinski definition) is 1. The van der Waals surface area contributed by atoms with Crippen LogP contribution in [0.5, 0.6) is 0 Å². The molecule has 16 heavy (non-hydrogen) atoms. The maximum Gasteiger partial charge on any atom is 0.335 e. The Balaban J connectivity index is 2.53. The Bertz CT molecular complexity index is 535. The van der Waals surface area contributed by atoms with E-state index >= 15 is 0 Å². The number of hydrogen-bond donors (Lipinski definition) is 1. The number of carboxylic acid groups (broad SMARTS) is 1. The first-order valence-corrected chi connectivity index (χ1v) is 4.77. The molecule has 2 rings (SSSR count). The standard InChI is InChI=1S/C13H9FO2/c14-12-7-2-1-6-11(12)9-4-3-5-10(8-9)13(15)16/h1-8H,(H,15,16). The van der Waals surface area contributed by atoms with Crippen molar-refractivity contribution in [3.63, 3.8) is 0 Å². The summed E-state index contributed by atoms with van der Waals surface area (Å²) in [6.07, 6.45) is 0. The van der Waals surface area contributed by atoms with Gasteiger partial charge < -0.3 is 5.11 Å². The third-order valence-corrected chi connectivity index (χ3v) is 2.29. The number of benzene rings is 2. The minimum atomic E-state index is -1.02. The van der Waals surface area contributed by atoms with E-state index in [0.29, 0.717) is 11.1 Å². The van der Waals surface area contributed by atoms with Gasteiger partial charge in [0, 0.05) is 5.56 Å². The van der Waals surface area contributed by atoms with Crippen molar-refractivity contribution in [3.05, 3.63) is 59.9 Å². The van der Waals surface area contributed by atoms with E-state index in [-0.39, 0.29) is 11.4 Å². The van der Waals surface area contributed by atoms with Crippen LogP contribution in [0.4, 0.5) is 4.39 Å². The molecule has 0 heterocycles. The number of aromatic carboxylic acids is 1. The van der Waals surface area contributed by atoms with E-state index in [4.69, 9.17) is 5.11 Å². The third-order valence-electron chi connectivity index (χ3n) is 2.29. The Morgan fingerprint density at radius 3 is 2.50 bits per heavy atom. The molecule has 3 heteroatoms. The van der Waals surface area contributed by atoms with Crippen LogP contribution < -0.4 is 0 Å². The van der Waals surface area contributed by atoms with Crippen LogP contribution in [0.25, 0.3) is 11.1 Å². The van der Waals surface area contributed by atoms with Crippen LogP contribution in [0, 0.1) is 5.82 Å². The minimum Gasteiger partial charge on any atom is -0.478 e. The monoisotopic (exact) mass is 216 g/mol. The molecular weight excluding hydrogens is 207 g/mol. The lowest BCUT2D eigenvalue weighted by molar-refractivity contribution is 0.0697. The highest BCUT2D eigenvalue weighted by Crippen LogP contribution is 2.23. The van der Waals surface area contributed by atoms with E-state index in [0.717, 1.165) is 0 Å². The smallest absolute Gasteiger partial charge is 0.335 e. The molecule has 0 bridgehead atoms. The minimum absolute atomic E-state index is 0.153. The predicted molar refractivity (Wildman–Crippen MR) is 58.8 cm³/mol. The van der Waals surface area contributed by atoms with Crippen molar-refractivity contribution in [1.29, 1.82) is 0 Å². The lowest BCUT2D eigenvalue weighted by Crippen LogP contribution is -1.96. The predicted octanol–water partition coefficient (Wildman–Crippen LogP) is 3.19. The van der Waals surface area contributed by atoms with Gasteiger partial charge >= 0.3 is 5.97 Å². The zero-order valence-corrected chi connectivity index (χ0v) is 8.35. The van der Waals surface area contributed by atoms with E-state index < -0.39 is 5.97 Å². The Morgan fingerprint density at radius 1 is 1.06 bits per heavy atom. The molecule has 2 aromatic carbocycles. The first-order chi connectivity index (χ1) is 7.68. The van der Waals surface area contributed by atoms with Crippen LogP contribution in [0.1, 0.15) is 10.4 Å². The van der Waals surface area contributed by atoms with Crippen molar-refractivity contribution < 1.29 is 14.3 Å². The van der Waals surface area contributed by atoms with Gasteiger partial charge in [0.2, 0.25) is 0 Å². The van der Waals surface area contributed by atoms with Crippen LogP contribution in [0.15, 0.2) is 48.5 Å². The summed E-state index contributed by atoms with van der Waals surface area (Å²) in [7, 11) is 0. The molecule has 0 unspecified atom stereocenters. The summed E-state index contributed by atoms with van der Waals surface area (Å²) >= 11 is 0. The maximum atomic E-state index is 13.5. The fraction of sp³-hybridized carbons (Fsp3) is 0. The van der Waals surface area contributed by atoms with Gasteiger partial charge in [-0.3, -0.25) is 0 Å². The summed E-state index contributed by atoms with van der Waals surface area (Å²) in [5.74, 6) is -1.37. The van der Waals surface area contributed by atoms with Gasteiger partial charge in [-0.25, -0.2) is 9.18 Å². The molecule has 1 N–H and O–H groups in total. The van der Waals surface area contributed by atoms with Crippen LogP contribution in [0.2, 0.25) is 0 Å². The van der Waals surface area contributed by atoms with Crippen LogP contribution >= 0.6 is 0 Å². The van der Waals surface area contributed by atoms with E-state index in [1.54, 1.807) is 30.3 Å². The van der Waals surface area contributed by atoms with Gasteiger partial charge in [0.15, 0.2) is 0 Å². The number of carbonyl (C=O) groups is 1. The zero-order chi connectivity index (χ0) is 11.5. The zero-order valence-electron chi connectivity index (χ0n) is 8.35. The van der Waals surface area contributed by atoms with Gasteiger partial charge in [0.25, 0.3) is 0 Å². The Kier molecular flexibility index (Phi) is 2.68. The summed E-state index contributed by atoms with van der Waals surface area (Å²) in [5.41, 5.74) is 1.13. The normalized spacial score (nSPS) is 10.1. The highest BCUT2D eigenvalue weighted by atomic mass is 19.1. The van der Waals surface area contributed by atoms with Crippen LogP contribution in [0.3, 0.4) is 0 Å². The summed E-state index contributed by atoms with van der Waals surface area (Å²) in [4.78, 5) is 10.8. The quantitative estimate of drug-likeness (QED) is 0.837. The van der Waals surface area contributed by atoms with E-state index in [1.807, 2.05) is 0 Å². The molecule has 80 valence electrons. The van der Waals surface area contributed by atoms with Gasteiger partial charge in [-0.05, 0) is 23.8 Å². The average Bonchev–Trinajstić information content (AvgIpc) is 2.30. The van der Waals surface area contributed by atoms with Crippen molar-refractivity contribution in [1.82, 2.24) is 0 Å². The largest absolute Gasteiger partial charge is 0.478 e. The molecule has 0 saturated heterocycles. The third kappa shape index (κ3) is 1.93. The summed E-state index contributed by atoms with van der Waals surface area (Å²) in [6, 6.07) is 12.5. The molecule has 0 aliphatic heterocycles. The van der Waals surface area contributed by atoms with Gasteiger partial charge in [0.05, 0.1) is 5.56 Å². The Hall–Kier alpha value is -2.16. The van der Waals surface area contributed by atoms with Crippen LogP contribution in [-0.4, -0.2) is 11.1 Å². The second kappa shape index (κ2) is 4.14. The van der Waals surface area contributed by atoms with Crippen molar-refractivity contribution >= 4 is 5.97 Å². The topological polar surface area (TPSA) is 37.3 Å². The van der Waals surface area contributed by atoms with Crippen molar-refractivity contribution in [3.8, 4) is 11.1 Å². The summed E-state index contributed by atoms with van der Waals surface area (Å²) in [6.45, 7) is 0. The number of halogens is 1. The van der Waals surface area contributed by atoms with E-state index in [2.05, 4.69) is 0 Å². The highest BCUT2D eigenvalue weighted by Gasteiger charge is 2.07. The molecule has 0 saturated carbocycles. The molecule has 0 aliphatic carbocycles. The fourth-order valence-corrected chi connectivity index (χ4v) is 1.52. The Morgan fingerprint density at radius 2 is 1.81 bits per heavy atom. The lowest BCUT2D eigenvalue weighted by atomic mass is 10.0. The van der Waals surface area contributed by atoms with E-state index in [9.17, 15) is 9.18 Å². The maximum absolute atomic E-state index is 13.5. The summed E-state index contributed by atoms with van der Waals surface area (Å²) in [5, 5.41) is 8.83. The van der Waals surface area contributed by atoms with E-state index in [1.165, 1.54) is 18.2 Å². The molecule has 0 amide bonds. The molecule has 0 aliphatic rings. The summed E-state index contributed by atoms with van der Waals surface area (Å²) < 4.78 is 13.5. The highest BCUT2D eigenvalue weighted by molar-refractivity contribution is 5.89. The van der Waals surface area contributed by atoms with Crippen molar-refractivity contribution in [2.24, 2.45) is 0 Å². The van der Waals surface area contributed by atoms with Gasteiger partial charge in [0.1, 0.15) is 5.82 Å². The average molecular weight is 216 g/mol. The fourth-order valence-electron chi connectivity index (χ4n) is 1.52. The SMILES string of the molecule is O=C(O)c1cccc(-c2ccccc2F)c1. The molecule has 0 spiro atoms. The first kappa shape index (κ1) is 10.4. The second-order valence-corrected chi connectivity index (χ2v) is 3.37. The van der Waals surface area contributed by atoms with Crippen molar-refractivity contribution in [2.45, 2.75) is 0 Å². The molecule has 0 radical (unpaired) electrons. The van der Waals surface area contributed by atoms with Crippen LogP contribution in [-0.2, 0) is 0 Å². The van der Waals surface area contributed by atoms with Crippen molar-refractivity contribution in [2.75, 3.05) is 0 Å².